The molecule has 1 fully saturated rings. The number of nitrogens with one attached hydrogen (secondary N) is 2. The van der Waals surface area contributed by atoms with Crippen LogP contribution in [-0.2, 0) is 0 Å². The van der Waals surface area contributed by atoms with Crippen LogP contribution in [0.4, 0.5) is 10.6 Å². The molecule has 16 heavy (non-hydrogen) atoms. The molecule has 0 bridgehead atoms. The molecule has 2 rings (SSSR count). The van der Waals surface area contributed by atoms with Gasteiger partial charge in [-0.15, -0.1) is 0 Å². The van der Waals surface area contributed by atoms with Crippen molar-refractivity contribution in [2.24, 2.45) is 5.92 Å². The van der Waals surface area contributed by atoms with E-state index in [0.717, 1.165) is 24.6 Å². The van der Waals surface area contributed by atoms with Gasteiger partial charge < -0.3 is 5.32 Å². The van der Waals surface area contributed by atoms with Crippen molar-refractivity contribution in [1.82, 2.24) is 10.3 Å². The maximum atomic E-state index is 11.5. The van der Waals surface area contributed by atoms with Gasteiger partial charge in [0.1, 0.15) is 5.82 Å². The molecule has 1 aliphatic rings. The summed E-state index contributed by atoms with van der Waals surface area (Å²) >= 11 is 0. The Labute approximate surface area is 95.5 Å². The molecule has 0 spiro atoms. The second-order valence-corrected chi connectivity index (χ2v) is 4.28. The summed E-state index contributed by atoms with van der Waals surface area (Å²) in [7, 11) is 0. The molecule has 0 aliphatic heterocycles. The highest BCUT2D eigenvalue weighted by molar-refractivity contribution is 5.88. The van der Waals surface area contributed by atoms with Crippen LogP contribution in [0.5, 0.6) is 0 Å². The fourth-order valence-electron chi connectivity index (χ4n) is 1.57. The van der Waals surface area contributed by atoms with E-state index in [0.29, 0.717) is 5.82 Å². The minimum atomic E-state index is -0.168. The fraction of sp³-hybridized carbons (Fsp3) is 0.500. The van der Waals surface area contributed by atoms with Crippen molar-refractivity contribution in [3.63, 3.8) is 0 Å². The molecule has 2 N–H and O–H groups in total. The van der Waals surface area contributed by atoms with E-state index in [9.17, 15) is 4.79 Å². The van der Waals surface area contributed by atoms with Crippen LogP contribution in [0, 0.1) is 12.8 Å². The first kappa shape index (κ1) is 10.9. The quantitative estimate of drug-likeness (QED) is 0.816. The van der Waals surface area contributed by atoms with E-state index in [-0.39, 0.29) is 6.03 Å². The molecule has 1 aromatic rings. The molecule has 4 heteroatoms. The molecule has 1 aliphatic carbocycles. The van der Waals surface area contributed by atoms with Gasteiger partial charge in [-0.1, -0.05) is 18.9 Å². The van der Waals surface area contributed by atoms with Gasteiger partial charge in [0.25, 0.3) is 0 Å². The van der Waals surface area contributed by atoms with Crippen molar-refractivity contribution in [3.05, 3.63) is 23.9 Å². The first-order valence-electron chi connectivity index (χ1n) is 5.72. The Morgan fingerprint density at radius 1 is 1.50 bits per heavy atom. The van der Waals surface area contributed by atoms with Gasteiger partial charge in [0.15, 0.2) is 0 Å². The number of nitrogens with zero attached hydrogens (tertiary/aromatic N) is 1. The molecule has 0 atom stereocenters. The smallest absolute Gasteiger partial charge is 0.320 e. The van der Waals surface area contributed by atoms with E-state index in [1.165, 1.54) is 12.8 Å². The lowest BCUT2D eigenvalue weighted by atomic mass is 10.3. The normalized spacial score (nSPS) is 14.6. The SMILES string of the molecule is Cc1cccc(NC(=O)NCCC2CC2)n1. The Hall–Kier alpha value is -1.58. The summed E-state index contributed by atoms with van der Waals surface area (Å²) in [6.07, 6.45) is 3.74. The summed E-state index contributed by atoms with van der Waals surface area (Å²) in [4.78, 5) is 15.7. The van der Waals surface area contributed by atoms with Crippen LogP contribution in [0.25, 0.3) is 0 Å². The van der Waals surface area contributed by atoms with Gasteiger partial charge in [-0.05, 0) is 31.4 Å². The number of hydrogen-bond donors (Lipinski definition) is 2. The second-order valence-electron chi connectivity index (χ2n) is 4.28. The first-order chi connectivity index (χ1) is 7.74. The van der Waals surface area contributed by atoms with Gasteiger partial charge in [0.2, 0.25) is 0 Å². The number of hydrogen-bond acceptors (Lipinski definition) is 2. The minimum Gasteiger partial charge on any atom is -0.338 e. The van der Waals surface area contributed by atoms with Crippen molar-refractivity contribution in [2.45, 2.75) is 26.2 Å². The van der Waals surface area contributed by atoms with Gasteiger partial charge in [-0.2, -0.15) is 0 Å². The highest BCUT2D eigenvalue weighted by atomic mass is 16.2. The third-order valence-electron chi connectivity index (χ3n) is 2.66. The standard InChI is InChI=1S/C12H17N3O/c1-9-3-2-4-11(14-9)15-12(16)13-8-7-10-5-6-10/h2-4,10H,5-8H2,1H3,(H2,13,14,15,16). The molecule has 0 saturated heterocycles. The highest BCUT2D eigenvalue weighted by Crippen LogP contribution is 2.31. The number of pyridine rings is 1. The maximum absolute atomic E-state index is 11.5. The van der Waals surface area contributed by atoms with Gasteiger partial charge in [-0.25, -0.2) is 9.78 Å². The van der Waals surface area contributed by atoms with Crippen LogP contribution >= 0.6 is 0 Å². The fourth-order valence-corrected chi connectivity index (χ4v) is 1.57. The summed E-state index contributed by atoms with van der Waals surface area (Å²) in [6, 6.07) is 5.39. The zero-order valence-electron chi connectivity index (χ0n) is 9.49. The Kier molecular flexibility index (Phi) is 3.39. The molecule has 0 radical (unpaired) electrons. The number of anilines is 1. The largest absolute Gasteiger partial charge is 0.338 e. The topological polar surface area (TPSA) is 54.0 Å². The Bertz CT molecular complexity index is 374. The number of urea groups is 1. The van der Waals surface area contributed by atoms with Crippen LogP contribution in [0.1, 0.15) is 25.0 Å². The Morgan fingerprint density at radius 2 is 2.31 bits per heavy atom. The van der Waals surface area contributed by atoms with E-state index < -0.39 is 0 Å². The van der Waals surface area contributed by atoms with Crippen molar-refractivity contribution in [2.75, 3.05) is 11.9 Å². The first-order valence-corrected chi connectivity index (χ1v) is 5.72. The van der Waals surface area contributed by atoms with Crippen LogP contribution in [0.15, 0.2) is 18.2 Å². The second kappa shape index (κ2) is 4.96. The number of aromatic nitrogens is 1. The summed E-state index contributed by atoms with van der Waals surface area (Å²) in [5.41, 5.74) is 0.899. The van der Waals surface area contributed by atoms with E-state index in [2.05, 4.69) is 15.6 Å². The van der Waals surface area contributed by atoms with Crippen LogP contribution in [0.2, 0.25) is 0 Å². The zero-order chi connectivity index (χ0) is 11.4. The number of rotatable bonds is 4. The number of aryl methyl sites for hydroxylation is 1. The molecule has 0 aromatic carbocycles. The molecule has 1 saturated carbocycles. The van der Waals surface area contributed by atoms with E-state index in [1.54, 1.807) is 6.07 Å². The molecule has 4 nitrogen and oxygen atoms in total. The van der Waals surface area contributed by atoms with Gasteiger partial charge in [0, 0.05) is 12.2 Å². The van der Waals surface area contributed by atoms with Gasteiger partial charge in [-0.3, -0.25) is 5.32 Å². The molecule has 1 aromatic heterocycles. The molecule has 86 valence electrons. The zero-order valence-corrected chi connectivity index (χ0v) is 9.49. The summed E-state index contributed by atoms with van der Waals surface area (Å²) < 4.78 is 0. The molecule has 2 amide bonds. The van der Waals surface area contributed by atoms with Crippen molar-refractivity contribution >= 4 is 11.8 Å². The summed E-state index contributed by atoms with van der Waals surface area (Å²) in [6.45, 7) is 2.65. The predicted octanol–water partition coefficient (Wildman–Crippen LogP) is 2.31. The lowest BCUT2D eigenvalue weighted by Crippen LogP contribution is -2.30. The minimum absolute atomic E-state index is 0.168. The molecular formula is C12H17N3O. The number of amides is 2. The van der Waals surface area contributed by atoms with Crippen molar-refractivity contribution < 1.29 is 4.79 Å². The van der Waals surface area contributed by atoms with Crippen molar-refractivity contribution in [3.8, 4) is 0 Å². The van der Waals surface area contributed by atoms with E-state index in [1.807, 2.05) is 19.1 Å². The van der Waals surface area contributed by atoms with E-state index >= 15 is 0 Å². The monoisotopic (exact) mass is 219 g/mol. The maximum Gasteiger partial charge on any atom is 0.320 e. The average molecular weight is 219 g/mol. The number of carbonyl (C=O) groups excluding carboxylic acids is 1. The molecule has 1 heterocycles. The van der Waals surface area contributed by atoms with Crippen LogP contribution in [0.3, 0.4) is 0 Å². The predicted molar refractivity (Wildman–Crippen MR) is 63.3 cm³/mol. The highest BCUT2D eigenvalue weighted by Gasteiger charge is 2.20. The van der Waals surface area contributed by atoms with Crippen LogP contribution < -0.4 is 10.6 Å². The van der Waals surface area contributed by atoms with Gasteiger partial charge in [0.05, 0.1) is 0 Å². The number of carbonyl (C=O) groups is 1. The molecular weight excluding hydrogens is 202 g/mol. The summed E-state index contributed by atoms with van der Waals surface area (Å²) in [5, 5.41) is 5.55. The lowest BCUT2D eigenvalue weighted by molar-refractivity contribution is 0.251. The van der Waals surface area contributed by atoms with Crippen LogP contribution in [-0.4, -0.2) is 17.6 Å². The Morgan fingerprint density at radius 3 is 3.00 bits per heavy atom. The third-order valence-corrected chi connectivity index (χ3v) is 2.66. The lowest BCUT2D eigenvalue weighted by Gasteiger charge is -2.06. The Balaban J connectivity index is 1.73. The third kappa shape index (κ3) is 3.53. The van der Waals surface area contributed by atoms with Gasteiger partial charge >= 0.3 is 6.03 Å². The molecule has 0 unspecified atom stereocenters. The average Bonchev–Trinajstić information content (AvgIpc) is 3.01. The van der Waals surface area contributed by atoms with E-state index in [4.69, 9.17) is 0 Å². The van der Waals surface area contributed by atoms with Crippen molar-refractivity contribution in [1.29, 1.82) is 0 Å². The summed E-state index contributed by atoms with van der Waals surface area (Å²) in [5.74, 6) is 1.45.